The predicted molar refractivity (Wildman–Crippen MR) is 85.3 cm³/mol. The third kappa shape index (κ3) is 2.24. The van der Waals surface area contributed by atoms with Crippen LogP contribution in [0.25, 0.3) is 11.0 Å². The number of fused-ring (bicyclic) bond motifs is 1. The molecule has 2 aromatic heterocycles. The number of H-pyrrole nitrogens is 1. The summed E-state index contributed by atoms with van der Waals surface area (Å²) in [5.41, 5.74) is 1.93. The Bertz CT molecular complexity index is 808. The molecule has 0 atom stereocenters. The van der Waals surface area contributed by atoms with Gasteiger partial charge in [-0.15, -0.1) is 0 Å². The summed E-state index contributed by atoms with van der Waals surface area (Å²) in [5, 5.41) is 1.39. The molecule has 3 aromatic rings. The summed E-state index contributed by atoms with van der Waals surface area (Å²) >= 11 is 12.2. The lowest BCUT2D eigenvalue weighted by Crippen LogP contribution is -2.46. The molecule has 6 heteroatoms. The number of aromatic amines is 1. The number of pyridine rings is 1. The van der Waals surface area contributed by atoms with Crippen LogP contribution in [0.1, 0.15) is 11.7 Å². The second-order valence-corrected chi connectivity index (χ2v) is 6.04. The van der Waals surface area contributed by atoms with Crippen LogP contribution in [-0.2, 0) is 0 Å². The van der Waals surface area contributed by atoms with Crippen LogP contribution in [-0.4, -0.2) is 28.0 Å². The number of aromatic nitrogens is 3. The van der Waals surface area contributed by atoms with Gasteiger partial charge < -0.3 is 9.88 Å². The topological polar surface area (TPSA) is 44.8 Å². The highest BCUT2D eigenvalue weighted by Gasteiger charge is 2.32. The molecule has 3 heterocycles. The molecule has 21 heavy (non-hydrogen) atoms. The highest BCUT2D eigenvalue weighted by molar-refractivity contribution is 6.33. The van der Waals surface area contributed by atoms with Gasteiger partial charge >= 0.3 is 0 Å². The number of hydrogen-bond acceptors (Lipinski definition) is 3. The number of hydrogen-bond donors (Lipinski definition) is 1. The summed E-state index contributed by atoms with van der Waals surface area (Å²) in [6, 6.07) is 9.41. The van der Waals surface area contributed by atoms with Crippen molar-refractivity contribution in [3.8, 4) is 0 Å². The second kappa shape index (κ2) is 4.90. The molecule has 106 valence electrons. The first-order valence-electron chi connectivity index (χ1n) is 6.71. The van der Waals surface area contributed by atoms with Crippen molar-refractivity contribution in [1.29, 1.82) is 0 Å². The Morgan fingerprint density at radius 2 is 2.05 bits per heavy atom. The molecule has 0 aliphatic carbocycles. The molecule has 0 unspecified atom stereocenters. The lowest BCUT2D eigenvalue weighted by Gasteiger charge is -2.39. The predicted octanol–water partition coefficient (Wildman–Crippen LogP) is 3.87. The van der Waals surface area contributed by atoms with E-state index in [4.69, 9.17) is 23.2 Å². The van der Waals surface area contributed by atoms with Crippen molar-refractivity contribution in [1.82, 2.24) is 15.0 Å². The van der Waals surface area contributed by atoms with Crippen molar-refractivity contribution in [2.45, 2.75) is 5.92 Å². The van der Waals surface area contributed by atoms with Crippen molar-refractivity contribution in [3.63, 3.8) is 0 Å². The molecule has 0 bridgehead atoms. The average Bonchev–Trinajstić information content (AvgIpc) is 2.81. The molecule has 4 nitrogen and oxygen atoms in total. The van der Waals surface area contributed by atoms with Gasteiger partial charge in [-0.1, -0.05) is 23.2 Å². The highest BCUT2D eigenvalue weighted by Crippen LogP contribution is 2.33. The van der Waals surface area contributed by atoms with Crippen molar-refractivity contribution in [3.05, 3.63) is 52.4 Å². The fraction of sp³-hybridized carbons (Fsp3) is 0.200. The SMILES string of the molecule is Clc1ccc2[nH]c(C3CN(c4ncccc4Cl)C3)nc2c1. The highest BCUT2D eigenvalue weighted by atomic mass is 35.5. The molecular formula is C15H12Cl2N4. The summed E-state index contributed by atoms with van der Waals surface area (Å²) in [4.78, 5) is 14.5. The zero-order valence-corrected chi connectivity index (χ0v) is 12.6. The Morgan fingerprint density at radius 1 is 1.19 bits per heavy atom. The van der Waals surface area contributed by atoms with Crippen LogP contribution in [0.15, 0.2) is 36.5 Å². The van der Waals surface area contributed by atoms with Gasteiger partial charge in [-0.05, 0) is 30.3 Å². The minimum atomic E-state index is 0.370. The van der Waals surface area contributed by atoms with Crippen LogP contribution in [0, 0.1) is 0 Å². The Morgan fingerprint density at radius 3 is 2.86 bits per heavy atom. The van der Waals surface area contributed by atoms with E-state index < -0.39 is 0 Å². The van der Waals surface area contributed by atoms with Crippen LogP contribution < -0.4 is 4.90 Å². The van der Waals surface area contributed by atoms with Crippen LogP contribution in [0.4, 0.5) is 5.82 Å². The molecule has 1 aliphatic rings. The van der Waals surface area contributed by atoms with E-state index in [1.807, 2.05) is 30.3 Å². The van der Waals surface area contributed by atoms with E-state index in [0.717, 1.165) is 35.8 Å². The summed E-state index contributed by atoms with van der Waals surface area (Å²) in [5.74, 6) is 2.21. The quantitative estimate of drug-likeness (QED) is 0.780. The van der Waals surface area contributed by atoms with E-state index in [9.17, 15) is 0 Å². The average molecular weight is 319 g/mol. The molecule has 0 radical (unpaired) electrons. The number of halogens is 2. The fourth-order valence-corrected chi connectivity index (χ4v) is 3.03. The maximum absolute atomic E-state index is 6.16. The minimum absolute atomic E-state index is 0.370. The monoisotopic (exact) mass is 318 g/mol. The normalized spacial score (nSPS) is 15.4. The lowest BCUT2D eigenvalue weighted by molar-refractivity contribution is 0.501. The molecule has 1 fully saturated rings. The van der Waals surface area contributed by atoms with E-state index >= 15 is 0 Å². The Hall–Kier alpha value is -1.78. The smallest absolute Gasteiger partial charge is 0.147 e. The molecule has 0 saturated carbocycles. The standard InChI is InChI=1S/C15H12Cl2N4/c16-10-3-4-12-13(6-10)20-14(19-12)9-7-21(8-9)15-11(17)2-1-5-18-15/h1-6,9H,7-8H2,(H,19,20). The van der Waals surface area contributed by atoms with Crippen LogP contribution >= 0.6 is 23.2 Å². The zero-order chi connectivity index (χ0) is 14.4. The van der Waals surface area contributed by atoms with Crippen LogP contribution in [0.2, 0.25) is 10.0 Å². The van der Waals surface area contributed by atoms with E-state index in [2.05, 4.69) is 19.9 Å². The first kappa shape index (κ1) is 12.9. The van der Waals surface area contributed by atoms with Crippen molar-refractivity contribution in [2.75, 3.05) is 18.0 Å². The van der Waals surface area contributed by atoms with Crippen molar-refractivity contribution >= 4 is 40.1 Å². The van der Waals surface area contributed by atoms with E-state index in [-0.39, 0.29) is 0 Å². The lowest BCUT2D eigenvalue weighted by atomic mass is 9.99. The number of nitrogens with one attached hydrogen (secondary N) is 1. The summed E-state index contributed by atoms with van der Waals surface area (Å²) < 4.78 is 0. The first-order chi connectivity index (χ1) is 10.2. The third-order valence-electron chi connectivity index (χ3n) is 3.77. The van der Waals surface area contributed by atoms with Gasteiger partial charge in [0.15, 0.2) is 0 Å². The number of anilines is 1. The van der Waals surface area contributed by atoms with E-state index in [1.54, 1.807) is 6.20 Å². The van der Waals surface area contributed by atoms with Crippen LogP contribution in [0.3, 0.4) is 0 Å². The largest absolute Gasteiger partial charge is 0.354 e. The van der Waals surface area contributed by atoms with E-state index in [1.165, 1.54) is 0 Å². The second-order valence-electron chi connectivity index (χ2n) is 5.19. The van der Waals surface area contributed by atoms with Gasteiger partial charge in [0.2, 0.25) is 0 Å². The summed E-state index contributed by atoms with van der Waals surface area (Å²) in [6.45, 7) is 1.73. The van der Waals surface area contributed by atoms with Crippen molar-refractivity contribution in [2.24, 2.45) is 0 Å². The van der Waals surface area contributed by atoms with Gasteiger partial charge in [0.05, 0.1) is 22.0 Å². The summed E-state index contributed by atoms with van der Waals surface area (Å²) in [7, 11) is 0. The first-order valence-corrected chi connectivity index (χ1v) is 7.47. The zero-order valence-electron chi connectivity index (χ0n) is 11.1. The van der Waals surface area contributed by atoms with Gasteiger partial charge in [-0.3, -0.25) is 0 Å². The molecular weight excluding hydrogens is 307 g/mol. The number of benzene rings is 1. The molecule has 1 saturated heterocycles. The number of rotatable bonds is 2. The van der Waals surface area contributed by atoms with Gasteiger partial charge in [0, 0.05) is 24.3 Å². The van der Waals surface area contributed by atoms with Gasteiger partial charge in [0.1, 0.15) is 11.6 Å². The third-order valence-corrected chi connectivity index (χ3v) is 4.30. The van der Waals surface area contributed by atoms with Gasteiger partial charge in [-0.25, -0.2) is 9.97 Å². The molecule has 1 aromatic carbocycles. The number of imidazole rings is 1. The maximum Gasteiger partial charge on any atom is 0.147 e. The minimum Gasteiger partial charge on any atom is -0.354 e. The molecule has 1 N–H and O–H groups in total. The van der Waals surface area contributed by atoms with Crippen molar-refractivity contribution < 1.29 is 0 Å². The van der Waals surface area contributed by atoms with Crippen LogP contribution in [0.5, 0.6) is 0 Å². The molecule has 1 aliphatic heterocycles. The maximum atomic E-state index is 6.16. The summed E-state index contributed by atoms with van der Waals surface area (Å²) in [6.07, 6.45) is 1.76. The molecule has 4 rings (SSSR count). The number of nitrogens with zero attached hydrogens (tertiary/aromatic N) is 3. The van der Waals surface area contributed by atoms with Gasteiger partial charge in [-0.2, -0.15) is 0 Å². The van der Waals surface area contributed by atoms with Gasteiger partial charge in [0.25, 0.3) is 0 Å². The fourth-order valence-electron chi connectivity index (χ4n) is 2.63. The molecule has 0 amide bonds. The Kier molecular flexibility index (Phi) is 3.01. The Labute approximate surface area is 131 Å². The van der Waals surface area contributed by atoms with E-state index in [0.29, 0.717) is 16.0 Å². The Balaban J connectivity index is 1.55. The molecule has 0 spiro atoms.